The molecule has 28 heavy (non-hydrogen) atoms. The van der Waals surface area contributed by atoms with Gasteiger partial charge in [0.05, 0.1) is 28.4 Å². The van der Waals surface area contributed by atoms with Crippen molar-refractivity contribution in [2.24, 2.45) is 7.05 Å². The van der Waals surface area contributed by atoms with Crippen LogP contribution in [0.15, 0.2) is 30.5 Å². The van der Waals surface area contributed by atoms with Crippen molar-refractivity contribution in [3.8, 4) is 0 Å². The van der Waals surface area contributed by atoms with Gasteiger partial charge in [-0.05, 0) is 44.0 Å². The summed E-state index contributed by atoms with van der Waals surface area (Å²) in [6.45, 7) is 3.27. The number of amides is 2. The first-order valence-electron chi connectivity index (χ1n) is 9.13. The van der Waals surface area contributed by atoms with Crippen LogP contribution in [-0.2, 0) is 7.05 Å². The average molecular weight is 398 g/mol. The lowest BCUT2D eigenvalue weighted by Gasteiger charge is -2.18. The quantitative estimate of drug-likeness (QED) is 0.734. The molecule has 1 aromatic carbocycles. The molecule has 1 saturated heterocycles. The number of carbonyl (C=O) groups excluding carboxylic acids is 2. The molecule has 0 spiro atoms. The summed E-state index contributed by atoms with van der Waals surface area (Å²) in [5, 5.41) is 8.18. The van der Waals surface area contributed by atoms with E-state index in [1.54, 1.807) is 47.1 Å². The van der Waals surface area contributed by atoms with Crippen molar-refractivity contribution in [2.75, 3.05) is 18.4 Å². The lowest BCUT2D eigenvalue weighted by Crippen LogP contribution is -2.29. The molecule has 1 N–H and O–H groups in total. The minimum absolute atomic E-state index is 0.118. The fourth-order valence-electron chi connectivity index (χ4n) is 3.51. The SMILES string of the molecule is Cc1cc(C(=O)Nc2ccc(Cl)cc2C(=O)N2CCCC2)c2cnn(C)c2n1. The van der Waals surface area contributed by atoms with Crippen LogP contribution in [0.1, 0.15) is 39.3 Å². The highest BCUT2D eigenvalue weighted by Gasteiger charge is 2.24. The standard InChI is InChI=1S/C20H20ClN5O2/c1-12-9-14(16-11-22-25(2)18(16)23-12)19(27)24-17-6-5-13(21)10-15(17)20(28)26-7-3-4-8-26/h5-6,9-11H,3-4,7-8H2,1-2H3,(H,24,27). The Morgan fingerprint density at radius 1 is 1.14 bits per heavy atom. The van der Waals surface area contributed by atoms with Crippen molar-refractivity contribution < 1.29 is 9.59 Å². The number of aryl methyl sites for hydroxylation is 2. The summed E-state index contributed by atoms with van der Waals surface area (Å²) in [5.74, 6) is -0.436. The molecule has 1 fully saturated rings. The number of hydrogen-bond donors (Lipinski definition) is 1. The van der Waals surface area contributed by atoms with Crippen molar-refractivity contribution in [2.45, 2.75) is 19.8 Å². The van der Waals surface area contributed by atoms with E-state index in [2.05, 4.69) is 15.4 Å². The van der Waals surface area contributed by atoms with E-state index in [9.17, 15) is 9.59 Å². The van der Waals surface area contributed by atoms with Crippen LogP contribution in [0.4, 0.5) is 5.69 Å². The topological polar surface area (TPSA) is 80.1 Å². The van der Waals surface area contributed by atoms with Gasteiger partial charge in [0.1, 0.15) is 0 Å². The highest BCUT2D eigenvalue weighted by molar-refractivity contribution is 6.31. The van der Waals surface area contributed by atoms with E-state index >= 15 is 0 Å². The summed E-state index contributed by atoms with van der Waals surface area (Å²) in [6.07, 6.45) is 3.60. The largest absolute Gasteiger partial charge is 0.339 e. The molecule has 0 bridgehead atoms. The van der Waals surface area contributed by atoms with Crippen LogP contribution in [0, 0.1) is 6.92 Å². The van der Waals surface area contributed by atoms with Gasteiger partial charge in [0.25, 0.3) is 11.8 Å². The number of pyridine rings is 1. The number of aromatic nitrogens is 3. The van der Waals surface area contributed by atoms with Crippen LogP contribution < -0.4 is 5.32 Å². The Morgan fingerprint density at radius 2 is 1.89 bits per heavy atom. The Labute approximate surface area is 167 Å². The fraction of sp³-hybridized carbons (Fsp3) is 0.300. The smallest absolute Gasteiger partial charge is 0.256 e. The molecule has 3 heterocycles. The number of likely N-dealkylation sites (tertiary alicyclic amines) is 1. The molecule has 7 nitrogen and oxygen atoms in total. The van der Waals surface area contributed by atoms with Crippen LogP contribution in [0.5, 0.6) is 0 Å². The van der Waals surface area contributed by atoms with E-state index in [-0.39, 0.29) is 11.8 Å². The predicted molar refractivity (Wildman–Crippen MR) is 108 cm³/mol. The van der Waals surface area contributed by atoms with Crippen LogP contribution in [0.2, 0.25) is 5.02 Å². The van der Waals surface area contributed by atoms with Gasteiger partial charge in [-0.2, -0.15) is 5.10 Å². The van der Waals surface area contributed by atoms with Gasteiger partial charge in [0, 0.05) is 30.9 Å². The maximum atomic E-state index is 13.0. The van der Waals surface area contributed by atoms with Gasteiger partial charge >= 0.3 is 0 Å². The molecule has 0 saturated carbocycles. The highest BCUT2D eigenvalue weighted by Crippen LogP contribution is 2.26. The normalized spacial score (nSPS) is 13.9. The first kappa shape index (κ1) is 18.4. The monoisotopic (exact) mass is 397 g/mol. The molecular formula is C20H20ClN5O2. The van der Waals surface area contributed by atoms with Crippen molar-refractivity contribution in [3.63, 3.8) is 0 Å². The number of carbonyl (C=O) groups is 2. The van der Waals surface area contributed by atoms with E-state index < -0.39 is 0 Å². The minimum Gasteiger partial charge on any atom is -0.339 e. The zero-order valence-corrected chi connectivity index (χ0v) is 16.5. The van der Waals surface area contributed by atoms with Crippen LogP contribution >= 0.6 is 11.6 Å². The van der Waals surface area contributed by atoms with Gasteiger partial charge in [0.15, 0.2) is 5.65 Å². The summed E-state index contributed by atoms with van der Waals surface area (Å²) in [4.78, 5) is 32.2. The van der Waals surface area contributed by atoms with Gasteiger partial charge in [0.2, 0.25) is 0 Å². The lowest BCUT2D eigenvalue weighted by atomic mass is 10.1. The molecule has 0 radical (unpaired) electrons. The number of nitrogens with one attached hydrogen (secondary N) is 1. The maximum Gasteiger partial charge on any atom is 0.256 e. The molecule has 2 amide bonds. The van der Waals surface area contributed by atoms with Crippen molar-refractivity contribution >= 4 is 40.1 Å². The maximum absolute atomic E-state index is 13.0. The second-order valence-electron chi connectivity index (χ2n) is 6.96. The van der Waals surface area contributed by atoms with Gasteiger partial charge < -0.3 is 10.2 Å². The number of anilines is 1. The number of hydrogen-bond acceptors (Lipinski definition) is 4. The Balaban J connectivity index is 1.70. The van der Waals surface area contributed by atoms with Gasteiger partial charge in [-0.3, -0.25) is 14.3 Å². The fourth-order valence-corrected chi connectivity index (χ4v) is 3.68. The number of fused-ring (bicyclic) bond motifs is 1. The van der Waals surface area contributed by atoms with E-state index in [0.717, 1.165) is 25.9 Å². The van der Waals surface area contributed by atoms with Crippen LogP contribution in [-0.4, -0.2) is 44.6 Å². The van der Waals surface area contributed by atoms with E-state index in [4.69, 9.17) is 11.6 Å². The number of benzene rings is 1. The minimum atomic E-state index is -0.318. The molecule has 4 rings (SSSR count). The Hall–Kier alpha value is -2.93. The van der Waals surface area contributed by atoms with Gasteiger partial charge in [-0.1, -0.05) is 11.6 Å². The van der Waals surface area contributed by atoms with E-state index in [1.807, 2.05) is 6.92 Å². The summed E-state index contributed by atoms with van der Waals surface area (Å²) >= 11 is 6.12. The van der Waals surface area contributed by atoms with Crippen molar-refractivity contribution in [1.29, 1.82) is 0 Å². The Bertz CT molecular complexity index is 1090. The lowest BCUT2D eigenvalue weighted by molar-refractivity contribution is 0.0794. The highest BCUT2D eigenvalue weighted by atomic mass is 35.5. The van der Waals surface area contributed by atoms with Crippen LogP contribution in [0.3, 0.4) is 0 Å². The van der Waals surface area contributed by atoms with E-state index in [1.165, 1.54) is 0 Å². The summed E-state index contributed by atoms with van der Waals surface area (Å²) in [6, 6.07) is 6.65. The first-order chi connectivity index (χ1) is 13.4. The molecular weight excluding hydrogens is 378 g/mol. The second kappa shape index (κ2) is 7.24. The molecule has 0 unspecified atom stereocenters. The summed E-state index contributed by atoms with van der Waals surface area (Å²) < 4.78 is 1.63. The molecule has 2 aromatic heterocycles. The summed E-state index contributed by atoms with van der Waals surface area (Å²) in [5.41, 5.74) is 2.65. The first-order valence-corrected chi connectivity index (χ1v) is 9.51. The number of rotatable bonds is 3. The third-order valence-corrected chi connectivity index (χ3v) is 5.17. The van der Waals surface area contributed by atoms with Crippen molar-refractivity contribution in [1.82, 2.24) is 19.7 Å². The summed E-state index contributed by atoms with van der Waals surface area (Å²) in [7, 11) is 1.78. The van der Waals surface area contributed by atoms with E-state index in [0.29, 0.717) is 38.6 Å². The third kappa shape index (κ3) is 3.33. The van der Waals surface area contributed by atoms with Crippen molar-refractivity contribution in [3.05, 3.63) is 52.3 Å². The van der Waals surface area contributed by atoms with Crippen LogP contribution in [0.25, 0.3) is 11.0 Å². The van der Waals surface area contributed by atoms with Gasteiger partial charge in [-0.15, -0.1) is 0 Å². The molecule has 1 aliphatic rings. The number of nitrogens with zero attached hydrogens (tertiary/aromatic N) is 4. The molecule has 1 aliphatic heterocycles. The zero-order chi connectivity index (χ0) is 19.8. The third-order valence-electron chi connectivity index (χ3n) is 4.93. The molecule has 8 heteroatoms. The molecule has 144 valence electrons. The van der Waals surface area contributed by atoms with Gasteiger partial charge in [-0.25, -0.2) is 4.98 Å². The Kier molecular flexibility index (Phi) is 4.77. The average Bonchev–Trinajstić information content (AvgIpc) is 3.33. The second-order valence-corrected chi connectivity index (χ2v) is 7.40. The molecule has 3 aromatic rings. The predicted octanol–water partition coefficient (Wildman–Crippen LogP) is 3.42. The Morgan fingerprint density at radius 3 is 2.64 bits per heavy atom. The molecule has 0 atom stereocenters. The zero-order valence-electron chi connectivity index (χ0n) is 15.7. The number of halogens is 1. The molecule has 0 aliphatic carbocycles.